The van der Waals surface area contributed by atoms with Crippen LogP contribution in [0.3, 0.4) is 0 Å². The summed E-state index contributed by atoms with van der Waals surface area (Å²) < 4.78 is -0.00756. The fraction of sp³-hybridized carbons (Fsp3) is 0.889. The van der Waals surface area contributed by atoms with Gasteiger partial charge in [-0.2, -0.15) is 0 Å². The highest BCUT2D eigenvalue weighted by atomic mass is 32.2. The third kappa shape index (κ3) is 3.19. The summed E-state index contributed by atoms with van der Waals surface area (Å²) in [4.78, 5) is 27.5. The van der Waals surface area contributed by atoms with E-state index >= 15 is 0 Å². The first-order valence-electron chi connectivity index (χ1n) is 9.01. The number of fused-ring (bicyclic) bond motifs is 1. The highest BCUT2D eigenvalue weighted by molar-refractivity contribution is 8.01. The first-order valence-corrected chi connectivity index (χ1v) is 9.89. The minimum absolute atomic E-state index is 0.00756. The Balaban J connectivity index is 2.35. The van der Waals surface area contributed by atoms with E-state index in [1.807, 2.05) is 23.6 Å². The van der Waals surface area contributed by atoms with Gasteiger partial charge in [0, 0.05) is 10.8 Å². The topological polar surface area (TPSA) is 69.6 Å². The minimum atomic E-state index is -1.06. The van der Waals surface area contributed by atoms with Crippen molar-refractivity contribution in [1.82, 2.24) is 10.2 Å². The van der Waals surface area contributed by atoms with Gasteiger partial charge in [-0.15, -0.1) is 11.8 Å². The molecular weight excluding hydrogens is 324 g/mol. The SMILES string of the molecule is CCC(O)C(=O)NC1C(=O)N2C(SC(C)(C)C2C)C(C)C(C)C1C. The van der Waals surface area contributed by atoms with Crippen molar-refractivity contribution in [1.29, 1.82) is 0 Å². The monoisotopic (exact) mass is 356 g/mol. The normalized spacial score (nSPS) is 40.0. The van der Waals surface area contributed by atoms with E-state index in [9.17, 15) is 14.7 Å². The third-order valence-corrected chi connectivity index (χ3v) is 8.11. The molecule has 7 atom stereocenters. The molecule has 0 aromatic carbocycles. The van der Waals surface area contributed by atoms with Crippen LogP contribution < -0.4 is 5.32 Å². The van der Waals surface area contributed by atoms with Crippen LogP contribution in [-0.4, -0.2) is 50.1 Å². The van der Waals surface area contributed by atoms with E-state index < -0.39 is 18.1 Å². The highest BCUT2D eigenvalue weighted by Crippen LogP contribution is 2.51. The number of nitrogens with one attached hydrogen (secondary N) is 1. The van der Waals surface area contributed by atoms with Crippen LogP contribution in [0.25, 0.3) is 0 Å². The van der Waals surface area contributed by atoms with Gasteiger partial charge in [0.1, 0.15) is 12.1 Å². The number of carbonyl (C=O) groups is 2. The van der Waals surface area contributed by atoms with Crippen LogP contribution in [0.5, 0.6) is 0 Å². The van der Waals surface area contributed by atoms with E-state index in [4.69, 9.17) is 0 Å². The van der Waals surface area contributed by atoms with Gasteiger partial charge in [-0.25, -0.2) is 0 Å². The van der Waals surface area contributed by atoms with Gasteiger partial charge >= 0.3 is 0 Å². The van der Waals surface area contributed by atoms with Gasteiger partial charge in [-0.3, -0.25) is 9.59 Å². The molecular formula is C18H32N2O3S. The van der Waals surface area contributed by atoms with Crippen molar-refractivity contribution in [2.24, 2.45) is 17.8 Å². The second-order valence-corrected chi connectivity index (χ2v) is 9.79. The van der Waals surface area contributed by atoms with Crippen molar-refractivity contribution in [3.05, 3.63) is 0 Å². The molecule has 2 aliphatic heterocycles. The van der Waals surface area contributed by atoms with Crippen LogP contribution >= 0.6 is 11.8 Å². The molecule has 0 aliphatic carbocycles. The van der Waals surface area contributed by atoms with Gasteiger partial charge in [-0.05, 0) is 44.9 Å². The van der Waals surface area contributed by atoms with Crippen LogP contribution in [0.2, 0.25) is 0 Å². The number of aliphatic hydroxyl groups excluding tert-OH is 1. The second kappa shape index (κ2) is 6.87. The van der Waals surface area contributed by atoms with Crippen molar-refractivity contribution >= 4 is 23.6 Å². The number of hydrogen-bond acceptors (Lipinski definition) is 4. The Bertz CT molecular complexity index is 510. The van der Waals surface area contributed by atoms with Crippen LogP contribution in [0.1, 0.15) is 54.9 Å². The van der Waals surface area contributed by atoms with Crippen molar-refractivity contribution in [2.75, 3.05) is 0 Å². The zero-order chi connectivity index (χ0) is 18.4. The van der Waals surface area contributed by atoms with E-state index in [0.29, 0.717) is 18.3 Å². The quantitative estimate of drug-likeness (QED) is 0.814. The lowest BCUT2D eigenvalue weighted by atomic mass is 9.82. The molecule has 2 saturated heterocycles. The first kappa shape index (κ1) is 19.6. The molecule has 2 N–H and O–H groups in total. The Morgan fingerprint density at radius 1 is 1.25 bits per heavy atom. The maximum atomic E-state index is 13.3. The summed E-state index contributed by atoms with van der Waals surface area (Å²) in [5, 5.41) is 12.8. The van der Waals surface area contributed by atoms with Crippen LogP contribution in [0, 0.1) is 17.8 Å². The molecule has 0 spiro atoms. The highest BCUT2D eigenvalue weighted by Gasteiger charge is 2.54. The number of rotatable bonds is 3. The fourth-order valence-electron chi connectivity index (χ4n) is 3.75. The van der Waals surface area contributed by atoms with Crippen molar-refractivity contribution < 1.29 is 14.7 Å². The minimum Gasteiger partial charge on any atom is -0.383 e. The van der Waals surface area contributed by atoms with Gasteiger partial charge in [-0.1, -0.05) is 27.7 Å². The molecule has 0 radical (unpaired) electrons. The van der Waals surface area contributed by atoms with Crippen LogP contribution in [0.4, 0.5) is 0 Å². The number of nitrogens with zero attached hydrogens (tertiary/aromatic N) is 1. The molecule has 0 aromatic rings. The Labute approximate surface area is 149 Å². The fourth-order valence-corrected chi connectivity index (χ4v) is 5.55. The summed E-state index contributed by atoms with van der Waals surface area (Å²) in [6.45, 7) is 14.6. The smallest absolute Gasteiger partial charge is 0.249 e. The summed E-state index contributed by atoms with van der Waals surface area (Å²) in [5.74, 6) is 0.213. The zero-order valence-corrected chi connectivity index (χ0v) is 16.7. The molecule has 2 amide bonds. The molecule has 0 saturated carbocycles. The number of carbonyl (C=O) groups excluding carboxylic acids is 2. The maximum absolute atomic E-state index is 13.3. The second-order valence-electron chi connectivity index (χ2n) is 8.02. The lowest BCUT2D eigenvalue weighted by Gasteiger charge is -2.33. The number of hydrogen-bond donors (Lipinski definition) is 2. The molecule has 2 fully saturated rings. The molecule has 2 heterocycles. The summed E-state index contributed by atoms with van der Waals surface area (Å²) in [6.07, 6.45) is -0.711. The Morgan fingerprint density at radius 3 is 2.38 bits per heavy atom. The predicted octanol–water partition coefficient (Wildman–Crippen LogP) is 2.23. The molecule has 138 valence electrons. The van der Waals surface area contributed by atoms with Gasteiger partial charge in [0.15, 0.2) is 0 Å². The van der Waals surface area contributed by atoms with Crippen molar-refractivity contribution in [2.45, 2.75) is 83.2 Å². The molecule has 0 bridgehead atoms. The maximum Gasteiger partial charge on any atom is 0.249 e. The van der Waals surface area contributed by atoms with Crippen LogP contribution in [-0.2, 0) is 9.59 Å². The summed E-state index contributed by atoms with van der Waals surface area (Å²) in [6, 6.07) is -0.464. The average molecular weight is 357 g/mol. The number of aliphatic hydroxyl groups is 1. The Kier molecular flexibility index (Phi) is 5.60. The third-order valence-electron chi connectivity index (χ3n) is 6.26. The predicted molar refractivity (Wildman–Crippen MR) is 97.5 cm³/mol. The zero-order valence-electron chi connectivity index (χ0n) is 15.9. The lowest BCUT2D eigenvalue weighted by molar-refractivity contribution is -0.141. The van der Waals surface area contributed by atoms with E-state index in [1.165, 1.54) is 0 Å². The Hall–Kier alpha value is -0.750. The lowest BCUT2D eigenvalue weighted by Crippen LogP contribution is -2.55. The van der Waals surface area contributed by atoms with Gasteiger partial charge in [0.2, 0.25) is 11.8 Å². The first-order chi connectivity index (χ1) is 11.0. The number of thioether (sulfide) groups is 1. The summed E-state index contributed by atoms with van der Waals surface area (Å²) in [7, 11) is 0. The summed E-state index contributed by atoms with van der Waals surface area (Å²) in [5.41, 5.74) is 0. The standard InChI is InChI=1S/C18H32N2O3S/c1-8-13(21)15(22)19-14-10(3)9(2)11(4)17-20(16(14)23)12(5)18(6,7)24-17/h9-14,17,21H,8H2,1-7H3,(H,19,22). The Morgan fingerprint density at radius 2 is 1.83 bits per heavy atom. The van der Waals surface area contributed by atoms with Gasteiger partial charge in [0.05, 0.1) is 5.37 Å². The largest absolute Gasteiger partial charge is 0.383 e. The molecule has 6 heteroatoms. The van der Waals surface area contributed by atoms with Crippen molar-refractivity contribution in [3.8, 4) is 0 Å². The van der Waals surface area contributed by atoms with E-state index in [-0.39, 0.29) is 28.0 Å². The van der Waals surface area contributed by atoms with E-state index in [2.05, 4.69) is 39.9 Å². The molecule has 0 aromatic heterocycles. The molecule has 2 rings (SSSR count). The van der Waals surface area contributed by atoms with E-state index in [0.717, 1.165) is 0 Å². The van der Waals surface area contributed by atoms with Crippen LogP contribution in [0.15, 0.2) is 0 Å². The summed E-state index contributed by atoms with van der Waals surface area (Å²) >= 11 is 1.87. The molecule has 7 unspecified atom stereocenters. The van der Waals surface area contributed by atoms with Crippen molar-refractivity contribution in [3.63, 3.8) is 0 Å². The van der Waals surface area contributed by atoms with Gasteiger partial charge < -0.3 is 15.3 Å². The van der Waals surface area contributed by atoms with Gasteiger partial charge in [0.25, 0.3) is 0 Å². The van der Waals surface area contributed by atoms with E-state index in [1.54, 1.807) is 6.92 Å². The molecule has 24 heavy (non-hydrogen) atoms. The molecule has 2 aliphatic rings. The number of amides is 2. The molecule has 5 nitrogen and oxygen atoms in total. The average Bonchev–Trinajstić information content (AvgIpc) is 2.75.